The van der Waals surface area contributed by atoms with Crippen molar-refractivity contribution in [1.29, 1.82) is 0 Å². The van der Waals surface area contributed by atoms with Crippen LogP contribution in [0.15, 0.2) is 59.2 Å². The van der Waals surface area contributed by atoms with E-state index in [4.69, 9.17) is 16.3 Å². The highest BCUT2D eigenvalue weighted by Gasteiger charge is 2.26. The molecule has 2 aromatic carbocycles. The highest BCUT2D eigenvalue weighted by Crippen LogP contribution is 2.27. The Morgan fingerprint density at radius 1 is 1.21 bits per heavy atom. The van der Waals surface area contributed by atoms with Crippen molar-refractivity contribution in [1.82, 2.24) is 0 Å². The van der Waals surface area contributed by atoms with Gasteiger partial charge in [-0.2, -0.15) is 0 Å². The molecule has 120 valence electrons. The third-order valence-corrected chi connectivity index (χ3v) is 3.78. The SMILES string of the molecule is C/C(=C1\N=C(c2ccc(Cl)cc2)OC1=O)c1cccc([N+](=O)[O-])c1. The number of aliphatic imine (C=N–C) groups is 1. The lowest BCUT2D eigenvalue weighted by Crippen LogP contribution is -2.05. The van der Waals surface area contributed by atoms with Crippen LogP contribution in [-0.4, -0.2) is 16.8 Å². The molecule has 0 spiro atoms. The minimum Gasteiger partial charge on any atom is -0.402 e. The van der Waals surface area contributed by atoms with Crippen LogP contribution in [-0.2, 0) is 9.53 Å². The molecule has 0 amide bonds. The average Bonchev–Trinajstić information content (AvgIpc) is 2.96. The lowest BCUT2D eigenvalue weighted by Gasteiger charge is -2.02. The molecule has 6 nitrogen and oxygen atoms in total. The van der Waals surface area contributed by atoms with Crippen LogP contribution in [0.2, 0.25) is 5.02 Å². The molecule has 1 aliphatic heterocycles. The van der Waals surface area contributed by atoms with E-state index in [0.29, 0.717) is 21.7 Å². The fourth-order valence-electron chi connectivity index (χ4n) is 2.25. The normalized spacial score (nSPS) is 15.8. The van der Waals surface area contributed by atoms with E-state index in [1.54, 1.807) is 43.3 Å². The van der Waals surface area contributed by atoms with Crippen LogP contribution in [0, 0.1) is 10.1 Å². The van der Waals surface area contributed by atoms with E-state index in [-0.39, 0.29) is 17.3 Å². The van der Waals surface area contributed by atoms with E-state index < -0.39 is 10.9 Å². The third kappa shape index (κ3) is 3.04. The van der Waals surface area contributed by atoms with E-state index in [2.05, 4.69) is 4.99 Å². The van der Waals surface area contributed by atoms with Crippen molar-refractivity contribution in [3.8, 4) is 0 Å². The molecule has 1 heterocycles. The average molecular weight is 343 g/mol. The van der Waals surface area contributed by atoms with Gasteiger partial charge in [-0.15, -0.1) is 0 Å². The van der Waals surface area contributed by atoms with Gasteiger partial charge in [-0.1, -0.05) is 23.7 Å². The Balaban J connectivity index is 2.02. The second kappa shape index (κ2) is 6.25. The van der Waals surface area contributed by atoms with Crippen molar-refractivity contribution in [3.05, 3.63) is 80.5 Å². The predicted octanol–water partition coefficient (Wildman–Crippen LogP) is 3.98. The van der Waals surface area contributed by atoms with Gasteiger partial charge in [0.25, 0.3) is 5.69 Å². The number of hydrogen-bond donors (Lipinski definition) is 0. The molecule has 0 saturated carbocycles. The monoisotopic (exact) mass is 342 g/mol. The zero-order chi connectivity index (χ0) is 17.3. The Morgan fingerprint density at radius 3 is 2.58 bits per heavy atom. The fraction of sp³-hybridized carbons (Fsp3) is 0.0588. The van der Waals surface area contributed by atoms with Gasteiger partial charge in [-0.25, -0.2) is 9.79 Å². The first kappa shape index (κ1) is 15.9. The molecule has 2 aromatic rings. The lowest BCUT2D eigenvalue weighted by molar-refractivity contribution is -0.384. The van der Waals surface area contributed by atoms with Gasteiger partial charge in [-0.3, -0.25) is 10.1 Å². The van der Waals surface area contributed by atoms with Crippen molar-refractivity contribution < 1.29 is 14.5 Å². The van der Waals surface area contributed by atoms with Crippen LogP contribution >= 0.6 is 11.6 Å². The van der Waals surface area contributed by atoms with E-state index in [9.17, 15) is 14.9 Å². The summed E-state index contributed by atoms with van der Waals surface area (Å²) in [5.41, 5.74) is 1.74. The Morgan fingerprint density at radius 2 is 1.92 bits per heavy atom. The molecule has 0 N–H and O–H groups in total. The second-order valence-corrected chi connectivity index (χ2v) is 5.53. The molecule has 0 atom stereocenters. The number of esters is 1. The summed E-state index contributed by atoms with van der Waals surface area (Å²) in [6.45, 7) is 1.67. The third-order valence-electron chi connectivity index (χ3n) is 3.53. The number of ether oxygens (including phenoxy) is 1. The van der Waals surface area contributed by atoms with Gasteiger partial charge in [0, 0.05) is 22.7 Å². The Hall–Kier alpha value is -2.99. The summed E-state index contributed by atoms with van der Waals surface area (Å²) in [5.74, 6) is -0.416. The maximum absolute atomic E-state index is 12.1. The molecular formula is C17H11ClN2O4. The minimum atomic E-state index is -0.594. The van der Waals surface area contributed by atoms with Gasteiger partial charge in [-0.05, 0) is 42.3 Å². The van der Waals surface area contributed by atoms with Crippen molar-refractivity contribution in [2.24, 2.45) is 4.99 Å². The van der Waals surface area contributed by atoms with Crippen LogP contribution < -0.4 is 0 Å². The summed E-state index contributed by atoms with van der Waals surface area (Å²) < 4.78 is 5.20. The van der Waals surface area contributed by atoms with Crippen LogP contribution in [0.3, 0.4) is 0 Å². The summed E-state index contributed by atoms with van der Waals surface area (Å²) in [6.07, 6.45) is 0. The van der Waals surface area contributed by atoms with Gasteiger partial charge >= 0.3 is 5.97 Å². The topological polar surface area (TPSA) is 81.8 Å². The van der Waals surface area contributed by atoms with Gasteiger partial charge in [0.15, 0.2) is 5.70 Å². The largest absolute Gasteiger partial charge is 0.402 e. The van der Waals surface area contributed by atoms with Gasteiger partial charge < -0.3 is 4.74 Å². The zero-order valence-corrected chi connectivity index (χ0v) is 13.3. The molecule has 0 aliphatic carbocycles. The van der Waals surface area contributed by atoms with Crippen molar-refractivity contribution in [2.75, 3.05) is 0 Å². The Labute approximate surface area is 142 Å². The molecule has 0 aromatic heterocycles. The van der Waals surface area contributed by atoms with E-state index >= 15 is 0 Å². The van der Waals surface area contributed by atoms with Crippen LogP contribution in [0.25, 0.3) is 5.57 Å². The molecule has 1 aliphatic rings. The van der Waals surface area contributed by atoms with Gasteiger partial charge in [0.2, 0.25) is 5.90 Å². The molecule has 0 radical (unpaired) electrons. The van der Waals surface area contributed by atoms with Crippen LogP contribution in [0.4, 0.5) is 5.69 Å². The minimum absolute atomic E-state index is 0.0549. The fourth-order valence-corrected chi connectivity index (χ4v) is 2.37. The number of halogens is 1. The number of nitrogens with zero attached hydrogens (tertiary/aromatic N) is 2. The smallest absolute Gasteiger partial charge is 0.364 e. The Bertz CT molecular complexity index is 901. The van der Waals surface area contributed by atoms with Crippen LogP contribution in [0.5, 0.6) is 0 Å². The number of carbonyl (C=O) groups excluding carboxylic acids is 1. The number of rotatable bonds is 3. The molecular weight excluding hydrogens is 332 g/mol. The predicted molar refractivity (Wildman–Crippen MR) is 89.8 cm³/mol. The number of nitro benzene ring substituents is 1. The number of carbonyl (C=O) groups is 1. The first-order chi connectivity index (χ1) is 11.5. The highest BCUT2D eigenvalue weighted by molar-refractivity contribution is 6.30. The van der Waals surface area contributed by atoms with E-state index in [1.165, 1.54) is 12.1 Å². The molecule has 7 heteroatoms. The molecule has 0 bridgehead atoms. The number of allylic oxidation sites excluding steroid dienone is 1. The summed E-state index contributed by atoms with van der Waals surface area (Å²) >= 11 is 5.83. The number of cyclic esters (lactones) is 1. The first-order valence-electron chi connectivity index (χ1n) is 6.98. The van der Waals surface area contributed by atoms with Gasteiger partial charge in [0.1, 0.15) is 0 Å². The summed E-state index contributed by atoms with van der Waals surface area (Å²) in [6, 6.07) is 12.7. The molecule has 24 heavy (non-hydrogen) atoms. The number of nitro groups is 1. The van der Waals surface area contributed by atoms with E-state index in [1.807, 2.05) is 0 Å². The summed E-state index contributed by atoms with van der Waals surface area (Å²) in [5, 5.41) is 11.4. The van der Waals surface area contributed by atoms with Crippen molar-refractivity contribution in [3.63, 3.8) is 0 Å². The number of benzene rings is 2. The maximum Gasteiger partial charge on any atom is 0.364 e. The standard InChI is InChI=1S/C17H11ClN2O4/c1-10(12-3-2-4-14(9-12)20(22)23)15-17(21)24-16(19-15)11-5-7-13(18)8-6-11/h2-9H,1H3/b15-10+. The Kier molecular flexibility index (Phi) is 4.14. The maximum atomic E-state index is 12.1. The number of non-ortho nitro benzene ring substituents is 1. The van der Waals surface area contributed by atoms with Gasteiger partial charge in [0.05, 0.1) is 4.92 Å². The quantitative estimate of drug-likeness (QED) is 0.365. The van der Waals surface area contributed by atoms with Crippen LogP contribution in [0.1, 0.15) is 18.1 Å². The lowest BCUT2D eigenvalue weighted by atomic mass is 10.0. The molecule has 3 rings (SSSR count). The molecule has 0 fully saturated rings. The number of hydrogen-bond acceptors (Lipinski definition) is 5. The molecule has 0 unspecified atom stereocenters. The summed E-state index contributed by atoms with van der Waals surface area (Å²) in [7, 11) is 0. The zero-order valence-electron chi connectivity index (χ0n) is 12.5. The highest BCUT2D eigenvalue weighted by atomic mass is 35.5. The van der Waals surface area contributed by atoms with E-state index in [0.717, 1.165) is 0 Å². The second-order valence-electron chi connectivity index (χ2n) is 5.09. The summed E-state index contributed by atoms with van der Waals surface area (Å²) in [4.78, 5) is 26.7. The first-order valence-corrected chi connectivity index (χ1v) is 7.36. The van der Waals surface area contributed by atoms with Crippen molar-refractivity contribution in [2.45, 2.75) is 6.92 Å². The van der Waals surface area contributed by atoms with Crippen molar-refractivity contribution >= 4 is 34.7 Å². The molecule has 0 saturated heterocycles.